The topological polar surface area (TPSA) is 110 Å². The molecule has 0 unspecified atom stereocenters. The number of hydrogen-bond acceptors (Lipinski definition) is 5. The lowest BCUT2D eigenvalue weighted by Gasteiger charge is -2.20. The third-order valence-corrected chi connectivity index (χ3v) is 6.09. The molecule has 0 atom stereocenters. The van der Waals surface area contributed by atoms with Crippen LogP contribution >= 0.6 is 11.6 Å². The van der Waals surface area contributed by atoms with Gasteiger partial charge in [-0.05, 0) is 37.3 Å². The Hall–Kier alpha value is -2.49. The Kier molecular flexibility index (Phi) is 6.53. The second kappa shape index (κ2) is 8.47. The first-order valence-electron chi connectivity index (χ1n) is 7.96. The van der Waals surface area contributed by atoms with E-state index in [2.05, 4.69) is 5.32 Å². The maximum absolute atomic E-state index is 12.7. The number of rotatable bonds is 7. The van der Waals surface area contributed by atoms with Crippen molar-refractivity contribution in [2.24, 2.45) is 0 Å². The highest BCUT2D eigenvalue weighted by atomic mass is 35.5. The van der Waals surface area contributed by atoms with Crippen LogP contribution in [0, 0.1) is 17.0 Å². The quantitative estimate of drug-likeness (QED) is 0.555. The molecule has 0 radical (unpaired) electrons. The van der Waals surface area contributed by atoms with Crippen LogP contribution in [-0.4, -0.2) is 36.6 Å². The smallest absolute Gasteiger partial charge is 0.274 e. The zero-order valence-electron chi connectivity index (χ0n) is 14.7. The number of carbonyl (C=O) groups excluding carboxylic acids is 1. The molecule has 0 aliphatic heterocycles. The average Bonchev–Trinajstić information content (AvgIpc) is 2.61. The summed E-state index contributed by atoms with van der Waals surface area (Å²) in [5.41, 5.74) is 0.419. The van der Waals surface area contributed by atoms with E-state index in [0.717, 1.165) is 4.31 Å². The molecule has 1 amide bonds. The highest BCUT2D eigenvalue weighted by Gasteiger charge is 2.25. The molecular formula is C17H18ClN3O5S. The van der Waals surface area contributed by atoms with Crippen LogP contribution in [0.2, 0.25) is 5.02 Å². The number of amides is 1. The molecule has 0 spiro atoms. The fourth-order valence-corrected chi connectivity index (χ4v) is 3.96. The summed E-state index contributed by atoms with van der Waals surface area (Å²) < 4.78 is 26.4. The zero-order valence-corrected chi connectivity index (χ0v) is 16.2. The molecule has 0 fully saturated rings. The molecule has 2 aromatic rings. The van der Waals surface area contributed by atoms with Crippen molar-refractivity contribution < 1.29 is 18.1 Å². The second-order valence-corrected chi connectivity index (χ2v) is 8.01. The van der Waals surface area contributed by atoms with Crippen LogP contribution < -0.4 is 5.32 Å². The molecule has 0 aromatic heterocycles. The Morgan fingerprint density at radius 2 is 1.85 bits per heavy atom. The zero-order chi connectivity index (χ0) is 20.2. The van der Waals surface area contributed by atoms with E-state index in [9.17, 15) is 23.3 Å². The van der Waals surface area contributed by atoms with E-state index in [0.29, 0.717) is 10.6 Å². The van der Waals surface area contributed by atoms with Crippen molar-refractivity contribution >= 4 is 38.9 Å². The van der Waals surface area contributed by atoms with Gasteiger partial charge in [0, 0.05) is 17.6 Å². The summed E-state index contributed by atoms with van der Waals surface area (Å²) >= 11 is 5.78. The standard InChI is InChI=1S/C17H18ClN3O5S/c1-3-20(27(25,26)14-9-7-13(18)8-10-14)11-17(22)19-15-5-4-6-16(12(15)2)21(23)24/h4-10H,3,11H2,1-2H3,(H,19,22). The number of nitrogens with zero attached hydrogens (tertiary/aromatic N) is 2. The average molecular weight is 412 g/mol. The molecule has 0 saturated heterocycles. The third kappa shape index (κ3) is 4.82. The normalized spacial score (nSPS) is 11.4. The molecule has 2 aromatic carbocycles. The highest BCUT2D eigenvalue weighted by Crippen LogP contribution is 2.25. The number of carbonyl (C=O) groups is 1. The Labute approximate surface area is 162 Å². The predicted octanol–water partition coefficient (Wildman–Crippen LogP) is 3.21. The van der Waals surface area contributed by atoms with E-state index in [1.807, 2.05) is 0 Å². The molecule has 2 rings (SSSR count). The van der Waals surface area contributed by atoms with Gasteiger partial charge in [0.2, 0.25) is 15.9 Å². The van der Waals surface area contributed by atoms with Crippen molar-refractivity contribution in [1.29, 1.82) is 0 Å². The van der Waals surface area contributed by atoms with Gasteiger partial charge < -0.3 is 5.32 Å². The number of hydrogen-bond donors (Lipinski definition) is 1. The number of nitrogens with one attached hydrogen (secondary N) is 1. The summed E-state index contributed by atoms with van der Waals surface area (Å²) in [6.07, 6.45) is 0. The van der Waals surface area contributed by atoms with E-state index >= 15 is 0 Å². The van der Waals surface area contributed by atoms with Gasteiger partial charge in [-0.25, -0.2) is 8.42 Å². The molecule has 1 N–H and O–H groups in total. The minimum absolute atomic E-state index is 0.0214. The van der Waals surface area contributed by atoms with Crippen molar-refractivity contribution in [1.82, 2.24) is 4.31 Å². The van der Waals surface area contributed by atoms with Gasteiger partial charge in [0.15, 0.2) is 0 Å². The monoisotopic (exact) mass is 411 g/mol. The van der Waals surface area contributed by atoms with Crippen molar-refractivity contribution in [2.45, 2.75) is 18.7 Å². The SMILES string of the molecule is CCN(CC(=O)Nc1cccc([N+](=O)[O-])c1C)S(=O)(=O)c1ccc(Cl)cc1. The lowest BCUT2D eigenvalue weighted by Crippen LogP contribution is -2.37. The van der Waals surface area contributed by atoms with E-state index in [1.165, 1.54) is 49.4 Å². The van der Waals surface area contributed by atoms with E-state index in [4.69, 9.17) is 11.6 Å². The molecule has 0 heterocycles. The van der Waals surface area contributed by atoms with Crippen LogP contribution in [0.15, 0.2) is 47.4 Å². The lowest BCUT2D eigenvalue weighted by molar-refractivity contribution is -0.385. The van der Waals surface area contributed by atoms with Crippen LogP contribution in [0.4, 0.5) is 11.4 Å². The minimum atomic E-state index is -3.88. The largest absolute Gasteiger partial charge is 0.324 e. The van der Waals surface area contributed by atoms with Gasteiger partial charge in [-0.2, -0.15) is 4.31 Å². The summed E-state index contributed by atoms with van der Waals surface area (Å²) in [5, 5.41) is 13.9. The maximum atomic E-state index is 12.7. The number of benzene rings is 2. The Balaban J connectivity index is 2.19. The lowest BCUT2D eigenvalue weighted by atomic mass is 10.1. The summed E-state index contributed by atoms with van der Waals surface area (Å²) in [7, 11) is -3.88. The molecule has 0 aliphatic carbocycles. The molecule has 8 nitrogen and oxygen atoms in total. The van der Waals surface area contributed by atoms with E-state index in [1.54, 1.807) is 6.92 Å². The molecule has 0 bridgehead atoms. The fraction of sp³-hybridized carbons (Fsp3) is 0.235. The van der Waals surface area contributed by atoms with Gasteiger partial charge in [-0.15, -0.1) is 0 Å². The van der Waals surface area contributed by atoms with Crippen LogP contribution in [-0.2, 0) is 14.8 Å². The van der Waals surface area contributed by atoms with Gasteiger partial charge >= 0.3 is 0 Å². The summed E-state index contributed by atoms with van der Waals surface area (Å²) in [6, 6.07) is 9.93. The number of anilines is 1. The minimum Gasteiger partial charge on any atom is -0.324 e. The van der Waals surface area contributed by atoms with E-state index < -0.39 is 27.4 Å². The van der Waals surface area contributed by atoms with Crippen LogP contribution in [0.5, 0.6) is 0 Å². The van der Waals surface area contributed by atoms with Gasteiger partial charge in [0.05, 0.1) is 27.6 Å². The number of likely N-dealkylation sites (N-methyl/N-ethyl adjacent to an activating group) is 1. The highest BCUT2D eigenvalue weighted by molar-refractivity contribution is 7.89. The molecule has 27 heavy (non-hydrogen) atoms. The summed E-state index contributed by atoms with van der Waals surface area (Å²) in [6.45, 7) is 2.77. The van der Waals surface area contributed by atoms with Gasteiger partial charge in [0.25, 0.3) is 5.69 Å². The van der Waals surface area contributed by atoms with Gasteiger partial charge in [-0.3, -0.25) is 14.9 Å². The van der Waals surface area contributed by atoms with Crippen molar-refractivity contribution in [2.75, 3.05) is 18.4 Å². The van der Waals surface area contributed by atoms with Gasteiger partial charge in [-0.1, -0.05) is 24.6 Å². The van der Waals surface area contributed by atoms with Gasteiger partial charge in [0.1, 0.15) is 0 Å². The Bertz CT molecular complexity index is 961. The van der Waals surface area contributed by atoms with E-state index in [-0.39, 0.29) is 22.8 Å². The second-order valence-electron chi connectivity index (χ2n) is 5.64. The molecule has 0 saturated carbocycles. The van der Waals surface area contributed by atoms with Crippen molar-refractivity contribution in [3.63, 3.8) is 0 Å². The fourth-order valence-electron chi connectivity index (χ4n) is 2.43. The first-order chi connectivity index (χ1) is 12.7. The Morgan fingerprint density at radius 1 is 1.22 bits per heavy atom. The number of sulfonamides is 1. The molecule has 144 valence electrons. The van der Waals surface area contributed by atoms with Crippen LogP contribution in [0.1, 0.15) is 12.5 Å². The van der Waals surface area contributed by atoms with Crippen LogP contribution in [0.3, 0.4) is 0 Å². The summed E-state index contributed by atoms with van der Waals surface area (Å²) in [4.78, 5) is 22.8. The number of halogens is 1. The van der Waals surface area contributed by atoms with Crippen molar-refractivity contribution in [3.8, 4) is 0 Å². The molecule has 0 aliphatic rings. The first kappa shape index (κ1) is 20.8. The molecule has 10 heteroatoms. The summed E-state index contributed by atoms with van der Waals surface area (Å²) in [5.74, 6) is -0.599. The Morgan fingerprint density at radius 3 is 2.41 bits per heavy atom. The number of nitro groups is 1. The first-order valence-corrected chi connectivity index (χ1v) is 9.78. The van der Waals surface area contributed by atoms with Crippen LogP contribution in [0.25, 0.3) is 0 Å². The predicted molar refractivity (Wildman–Crippen MR) is 102 cm³/mol. The maximum Gasteiger partial charge on any atom is 0.274 e. The van der Waals surface area contributed by atoms with Crippen molar-refractivity contribution in [3.05, 3.63) is 63.2 Å². The molecular weight excluding hydrogens is 394 g/mol. The third-order valence-electron chi connectivity index (χ3n) is 3.90. The number of nitro benzene ring substituents is 1.